The highest BCUT2D eigenvalue weighted by Crippen LogP contribution is 2.18. The van der Waals surface area contributed by atoms with E-state index in [1.807, 2.05) is 30.3 Å². The van der Waals surface area contributed by atoms with Gasteiger partial charge in [0.1, 0.15) is 5.75 Å². The Morgan fingerprint density at radius 1 is 1.47 bits per heavy atom. The van der Waals surface area contributed by atoms with E-state index < -0.39 is 0 Å². The number of para-hydroxylation sites is 1. The number of primary amides is 1. The number of rotatable bonds is 6. The lowest BCUT2D eigenvalue weighted by Crippen LogP contribution is -2.14. The van der Waals surface area contributed by atoms with Crippen LogP contribution in [0.5, 0.6) is 5.75 Å². The third-order valence-electron chi connectivity index (χ3n) is 1.94. The molecule has 15 heavy (non-hydrogen) atoms. The van der Waals surface area contributed by atoms with Crippen molar-refractivity contribution < 1.29 is 9.53 Å². The number of benzene rings is 1. The third-order valence-corrected chi connectivity index (χ3v) is 1.94. The van der Waals surface area contributed by atoms with Crippen LogP contribution in [0.3, 0.4) is 0 Å². The Labute approximate surface area is 89.5 Å². The maximum Gasteiger partial charge on any atom is 0.220 e. The van der Waals surface area contributed by atoms with Gasteiger partial charge in [0.15, 0.2) is 0 Å². The quantitative estimate of drug-likeness (QED) is 0.718. The highest BCUT2D eigenvalue weighted by atomic mass is 16.5. The molecule has 3 nitrogen and oxygen atoms in total. The van der Waals surface area contributed by atoms with Crippen LogP contribution >= 0.6 is 0 Å². The molecule has 0 spiro atoms. The number of hydrogen-bond donors (Lipinski definition) is 1. The van der Waals surface area contributed by atoms with E-state index in [4.69, 9.17) is 10.5 Å². The fourth-order valence-electron chi connectivity index (χ4n) is 1.23. The molecule has 1 aromatic rings. The fourth-order valence-corrected chi connectivity index (χ4v) is 1.23. The van der Waals surface area contributed by atoms with E-state index >= 15 is 0 Å². The molecule has 0 aliphatic carbocycles. The largest absolute Gasteiger partial charge is 0.493 e. The second kappa shape index (κ2) is 5.86. The molecule has 0 fully saturated rings. The Morgan fingerprint density at radius 2 is 2.20 bits per heavy atom. The molecule has 0 aromatic heterocycles. The number of carbonyl (C=O) groups is 1. The second-order valence-corrected chi connectivity index (χ2v) is 3.17. The zero-order valence-corrected chi connectivity index (χ0v) is 8.61. The lowest BCUT2D eigenvalue weighted by atomic mass is 10.1. The molecule has 80 valence electrons. The van der Waals surface area contributed by atoms with E-state index in [0.717, 1.165) is 17.7 Å². The van der Waals surface area contributed by atoms with Crippen LogP contribution in [0.4, 0.5) is 0 Å². The predicted molar refractivity (Wildman–Crippen MR) is 59.6 cm³/mol. The first-order valence-electron chi connectivity index (χ1n) is 4.84. The first kappa shape index (κ1) is 11.3. The van der Waals surface area contributed by atoms with Crippen LogP contribution in [0.2, 0.25) is 0 Å². The molecule has 3 heteroatoms. The van der Waals surface area contributed by atoms with E-state index in [9.17, 15) is 4.79 Å². The van der Waals surface area contributed by atoms with Crippen molar-refractivity contribution in [2.24, 2.45) is 5.73 Å². The molecule has 0 radical (unpaired) electrons. The number of amides is 1. The zero-order chi connectivity index (χ0) is 11.1. The number of nitrogens with two attached hydrogens (primary N) is 1. The summed E-state index contributed by atoms with van der Waals surface area (Å²) < 4.78 is 5.45. The summed E-state index contributed by atoms with van der Waals surface area (Å²) in [6.45, 7) is 4.00. The number of hydrogen-bond acceptors (Lipinski definition) is 2. The highest BCUT2D eigenvalue weighted by Gasteiger charge is 2.01. The van der Waals surface area contributed by atoms with Crippen molar-refractivity contribution in [1.29, 1.82) is 0 Å². The molecule has 0 aliphatic heterocycles. The topological polar surface area (TPSA) is 52.3 Å². The Morgan fingerprint density at radius 3 is 2.87 bits per heavy atom. The van der Waals surface area contributed by atoms with Gasteiger partial charge in [0.05, 0.1) is 13.0 Å². The van der Waals surface area contributed by atoms with Gasteiger partial charge < -0.3 is 10.5 Å². The van der Waals surface area contributed by atoms with E-state index in [2.05, 4.69) is 6.58 Å². The van der Waals surface area contributed by atoms with Crippen molar-refractivity contribution in [3.63, 3.8) is 0 Å². The molecule has 0 saturated heterocycles. The van der Waals surface area contributed by atoms with Crippen molar-refractivity contribution in [3.8, 4) is 5.75 Å². The minimum Gasteiger partial charge on any atom is -0.493 e. The first-order valence-corrected chi connectivity index (χ1v) is 4.84. The molecule has 1 amide bonds. The van der Waals surface area contributed by atoms with Gasteiger partial charge in [0.25, 0.3) is 0 Å². The Kier molecular flexibility index (Phi) is 4.41. The normalized spacial score (nSPS) is 9.60. The SMILES string of the molecule is C=CCc1ccccc1OCCC(N)=O. The Hall–Kier alpha value is -1.77. The summed E-state index contributed by atoms with van der Waals surface area (Å²) in [5.41, 5.74) is 6.08. The molecule has 2 N–H and O–H groups in total. The average Bonchev–Trinajstić information content (AvgIpc) is 2.20. The summed E-state index contributed by atoms with van der Waals surface area (Å²) in [5, 5.41) is 0. The maximum absolute atomic E-state index is 10.5. The van der Waals surface area contributed by atoms with Crippen molar-refractivity contribution in [2.45, 2.75) is 12.8 Å². The zero-order valence-electron chi connectivity index (χ0n) is 8.61. The van der Waals surface area contributed by atoms with Gasteiger partial charge in [0, 0.05) is 0 Å². The molecule has 1 rings (SSSR count). The van der Waals surface area contributed by atoms with E-state index in [1.54, 1.807) is 0 Å². The molecule has 0 heterocycles. The minimum absolute atomic E-state index is 0.239. The summed E-state index contributed by atoms with van der Waals surface area (Å²) >= 11 is 0. The standard InChI is InChI=1S/C12H15NO2/c1-2-5-10-6-3-4-7-11(10)15-9-8-12(13)14/h2-4,6-7H,1,5,8-9H2,(H2,13,14). The average molecular weight is 205 g/mol. The maximum atomic E-state index is 10.5. The predicted octanol–water partition coefficient (Wildman–Crippen LogP) is 1.67. The van der Waals surface area contributed by atoms with Crippen molar-refractivity contribution in [2.75, 3.05) is 6.61 Å². The molecule has 0 bridgehead atoms. The van der Waals surface area contributed by atoms with Crippen LogP contribution in [-0.2, 0) is 11.2 Å². The van der Waals surface area contributed by atoms with Crippen LogP contribution in [0.1, 0.15) is 12.0 Å². The monoisotopic (exact) mass is 205 g/mol. The number of allylic oxidation sites excluding steroid dienone is 1. The summed E-state index contributed by atoms with van der Waals surface area (Å²) in [7, 11) is 0. The lowest BCUT2D eigenvalue weighted by Gasteiger charge is -2.08. The van der Waals surface area contributed by atoms with Crippen molar-refractivity contribution in [1.82, 2.24) is 0 Å². The van der Waals surface area contributed by atoms with Gasteiger partial charge in [0.2, 0.25) is 5.91 Å². The number of carbonyl (C=O) groups excluding carboxylic acids is 1. The number of ether oxygens (including phenoxy) is 1. The lowest BCUT2D eigenvalue weighted by molar-refractivity contribution is -0.118. The molecule has 0 aliphatic rings. The minimum atomic E-state index is -0.351. The molecule has 0 saturated carbocycles. The van der Waals surface area contributed by atoms with Crippen LogP contribution in [0.25, 0.3) is 0 Å². The van der Waals surface area contributed by atoms with E-state index in [0.29, 0.717) is 6.61 Å². The van der Waals surface area contributed by atoms with Crippen LogP contribution in [0.15, 0.2) is 36.9 Å². The molecule has 0 unspecified atom stereocenters. The molecule has 0 atom stereocenters. The van der Waals surface area contributed by atoms with Crippen molar-refractivity contribution >= 4 is 5.91 Å². The third kappa shape index (κ3) is 3.85. The van der Waals surface area contributed by atoms with Gasteiger partial charge >= 0.3 is 0 Å². The smallest absolute Gasteiger partial charge is 0.220 e. The van der Waals surface area contributed by atoms with Crippen molar-refractivity contribution in [3.05, 3.63) is 42.5 Å². The molecular formula is C12H15NO2. The summed E-state index contributed by atoms with van der Waals surface area (Å²) in [6.07, 6.45) is 2.81. The summed E-state index contributed by atoms with van der Waals surface area (Å²) in [6, 6.07) is 7.69. The van der Waals surface area contributed by atoms with Gasteiger partial charge in [-0.2, -0.15) is 0 Å². The van der Waals surface area contributed by atoms with Crippen LogP contribution in [-0.4, -0.2) is 12.5 Å². The molecule has 1 aromatic carbocycles. The van der Waals surface area contributed by atoms with Crippen LogP contribution in [0, 0.1) is 0 Å². The second-order valence-electron chi connectivity index (χ2n) is 3.17. The summed E-state index contributed by atoms with van der Waals surface area (Å²) in [5.74, 6) is 0.440. The van der Waals surface area contributed by atoms with Gasteiger partial charge in [-0.05, 0) is 18.1 Å². The van der Waals surface area contributed by atoms with E-state index in [-0.39, 0.29) is 12.3 Å². The fraction of sp³-hybridized carbons (Fsp3) is 0.250. The van der Waals surface area contributed by atoms with Gasteiger partial charge in [-0.25, -0.2) is 0 Å². The first-order chi connectivity index (χ1) is 7.24. The van der Waals surface area contributed by atoms with Crippen LogP contribution < -0.4 is 10.5 Å². The Balaban J connectivity index is 2.58. The van der Waals surface area contributed by atoms with Gasteiger partial charge in [-0.15, -0.1) is 6.58 Å². The van der Waals surface area contributed by atoms with Gasteiger partial charge in [-0.1, -0.05) is 24.3 Å². The highest BCUT2D eigenvalue weighted by molar-refractivity contribution is 5.73. The summed E-state index contributed by atoms with van der Waals surface area (Å²) in [4.78, 5) is 10.5. The molecular weight excluding hydrogens is 190 g/mol. The Bertz CT molecular complexity index is 347. The van der Waals surface area contributed by atoms with E-state index in [1.165, 1.54) is 0 Å². The van der Waals surface area contributed by atoms with Gasteiger partial charge in [-0.3, -0.25) is 4.79 Å².